The van der Waals surface area contributed by atoms with E-state index < -0.39 is 0 Å². The number of halogens is 1. The molecule has 0 saturated heterocycles. The third kappa shape index (κ3) is 0.982. The number of nitrogens with zero attached hydrogens (tertiary/aromatic N) is 1. The SMILES string of the molecule is Nc1cc(Br)c(=O)n2c1CCC2. The molecule has 2 N–H and O–H groups in total. The van der Waals surface area contributed by atoms with Crippen LogP contribution in [0, 0.1) is 0 Å². The molecule has 64 valence electrons. The zero-order valence-corrected chi connectivity index (χ0v) is 8.10. The van der Waals surface area contributed by atoms with Crippen molar-refractivity contribution in [1.82, 2.24) is 4.57 Å². The highest BCUT2D eigenvalue weighted by atomic mass is 79.9. The number of anilines is 1. The summed E-state index contributed by atoms with van der Waals surface area (Å²) < 4.78 is 2.31. The van der Waals surface area contributed by atoms with Crippen LogP contribution in [-0.2, 0) is 13.0 Å². The number of nitrogen functional groups attached to an aromatic ring is 1. The molecule has 3 nitrogen and oxygen atoms in total. The highest BCUT2D eigenvalue weighted by molar-refractivity contribution is 9.10. The van der Waals surface area contributed by atoms with E-state index in [1.807, 2.05) is 0 Å². The zero-order chi connectivity index (χ0) is 8.72. The van der Waals surface area contributed by atoms with Crippen LogP contribution in [0.2, 0.25) is 0 Å². The van der Waals surface area contributed by atoms with Crippen LogP contribution in [0.15, 0.2) is 15.3 Å². The number of pyridine rings is 1. The Bertz CT molecular complexity index is 383. The third-order valence-corrected chi connectivity index (χ3v) is 2.75. The van der Waals surface area contributed by atoms with Crippen molar-refractivity contribution in [2.45, 2.75) is 19.4 Å². The normalized spacial score (nSPS) is 14.8. The minimum Gasteiger partial charge on any atom is -0.397 e. The van der Waals surface area contributed by atoms with Gasteiger partial charge in [0.15, 0.2) is 0 Å². The lowest BCUT2D eigenvalue weighted by Crippen LogP contribution is -2.20. The summed E-state index contributed by atoms with van der Waals surface area (Å²) in [7, 11) is 0. The standard InChI is InChI=1S/C8H9BrN2O/c9-5-4-6(10)7-2-1-3-11(7)8(5)12/h4H,1-3,10H2. The van der Waals surface area contributed by atoms with Gasteiger partial charge in [-0.1, -0.05) is 0 Å². The second kappa shape index (κ2) is 2.62. The maximum absolute atomic E-state index is 11.5. The number of hydrogen-bond donors (Lipinski definition) is 1. The summed E-state index contributed by atoms with van der Waals surface area (Å²) in [5.74, 6) is 0. The molecule has 2 rings (SSSR count). The van der Waals surface area contributed by atoms with Gasteiger partial charge < -0.3 is 10.3 Å². The van der Waals surface area contributed by atoms with Crippen LogP contribution in [0.1, 0.15) is 12.1 Å². The van der Waals surface area contributed by atoms with Crippen molar-refractivity contribution in [3.8, 4) is 0 Å². The number of nitrogens with two attached hydrogens (primary N) is 1. The van der Waals surface area contributed by atoms with E-state index in [9.17, 15) is 4.79 Å². The molecular weight excluding hydrogens is 220 g/mol. The molecule has 2 heterocycles. The van der Waals surface area contributed by atoms with Crippen molar-refractivity contribution in [1.29, 1.82) is 0 Å². The lowest BCUT2D eigenvalue weighted by Gasteiger charge is -2.05. The van der Waals surface area contributed by atoms with Crippen molar-refractivity contribution < 1.29 is 0 Å². The van der Waals surface area contributed by atoms with Gasteiger partial charge in [0.25, 0.3) is 5.56 Å². The van der Waals surface area contributed by atoms with E-state index in [2.05, 4.69) is 15.9 Å². The summed E-state index contributed by atoms with van der Waals surface area (Å²) in [5, 5.41) is 0. The molecule has 1 aliphatic rings. The number of fused-ring (bicyclic) bond motifs is 1. The van der Waals surface area contributed by atoms with Crippen LogP contribution in [0.25, 0.3) is 0 Å². The summed E-state index contributed by atoms with van der Waals surface area (Å²) in [5.41, 5.74) is 7.50. The van der Waals surface area contributed by atoms with Crippen molar-refractivity contribution in [3.05, 3.63) is 26.6 Å². The fraction of sp³-hybridized carbons (Fsp3) is 0.375. The van der Waals surface area contributed by atoms with E-state index in [-0.39, 0.29) is 5.56 Å². The van der Waals surface area contributed by atoms with E-state index in [1.165, 1.54) is 0 Å². The first-order valence-electron chi connectivity index (χ1n) is 3.88. The average molecular weight is 229 g/mol. The Labute approximate surface area is 78.3 Å². The molecule has 0 fully saturated rings. The molecule has 0 spiro atoms. The molecule has 0 aliphatic carbocycles. The summed E-state index contributed by atoms with van der Waals surface area (Å²) in [4.78, 5) is 11.5. The molecule has 0 aromatic carbocycles. The molecule has 1 aromatic heterocycles. The molecule has 0 atom stereocenters. The van der Waals surface area contributed by atoms with Gasteiger partial charge in [0.05, 0.1) is 10.2 Å². The molecule has 1 aromatic rings. The Balaban J connectivity index is 2.78. The molecule has 12 heavy (non-hydrogen) atoms. The van der Waals surface area contributed by atoms with Gasteiger partial charge in [-0.05, 0) is 34.8 Å². The first kappa shape index (κ1) is 7.86. The second-order valence-electron chi connectivity index (χ2n) is 2.95. The smallest absolute Gasteiger partial charge is 0.265 e. The summed E-state index contributed by atoms with van der Waals surface area (Å²) >= 11 is 3.19. The van der Waals surface area contributed by atoms with Crippen molar-refractivity contribution in [2.75, 3.05) is 5.73 Å². The highest BCUT2D eigenvalue weighted by Crippen LogP contribution is 2.21. The van der Waals surface area contributed by atoms with Crippen molar-refractivity contribution >= 4 is 21.6 Å². The van der Waals surface area contributed by atoms with Gasteiger partial charge in [0.1, 0.15) is 0 Å². The summed E-state index contributed by atoms with van der Waals surface area (Å²) in [6, 6.07) is 1.69. The molecule has 0 radical (unpaired) electrons. The van der Waals surface area contributed by atoms with Crippen LogP contribution in [0.3, 0.4) is 0 Å². The van der Waals surface area contributed by atoms with Crippen LogP contribution in [0.4, 0.5) is 5.69 Å². The summed E-state index contributed by atoms with van der Waals surface area (Å²) in [6.45, 7) is 0.803. The molecule has 1 aliphatic heterocycles. The van der Waals surface area contributed by atoms with Crippen LogP contribution < -0.4 is 11.3 Å². The molecule has 4 heteroatoms. The zero-order valence-electron chi connectivity index (χ0n) is 6.51. The summed E-state index contributed by atoms with van der Waals surface area (Å²) in [6.07, 6.45) is 1.95. The number of aromatic nitrogens is 1. The van der Waals surface area contributed by atoms with Crippen LogP contribution >= 0.6 is 15.9 Å². The predicted molar refractivity (Wildman–Crippen MR) is 51.1 cm³/mol. The van der Waals surface area contributed by atoms with Gasteiger partial charge in [0, 0.05) is 12.2 Å². The third-order valence-electron chi connectivity index (χ3n) is 2.19. The first-order valence-corrected chi connectivity index (χ1v) is 4.67. The Morgan fingerprint density at radius 1 is 1.58 bits per heavy atom. The number of hydrogen-bond acceptors (Lipinski definition) is 2. The Hall–Kier alpha value is -0.770. The lowest BCUT2D eigenvalue weighted by molar-refractivity contribution is 0.719. The molecule has 0 amide bonds. The quantitative estimate of drug-likeness (QED) is 0.725. The van der Waals surface area contributed by atoms with E-state index in [0.717, 1.165) is 30.8 Å². The fourth-order valence-corrected chi connectivity index (χ4v) is 2.07. The Kier molecular flexibility index (Phi) is 1.72. The van der Waals surface area contributed by atoms with Gasteiger partial charge in [-0.15, -0.1) is 0 Å². The number of rotatable bonds is 0. The maximum Gasteiger partial charge on any atom is 0.265 e. The predicted octanol–water partition coefficient (Wildman–Crippen LogP) is 1.14. The first-order chi connectivity index (χ1) is 5.70. The molecule has 0 unspecified atom stereocenters. The van der Waals surface area contributed by atoms with Gasteiger partial charge in [-0.25, -0.2) is 0 Å². The van der Waals surface area contributed by atoms with Gasteiger partial charge >= 0.3 is 0 Å². The van der Waals surface area contributed by atoms with Crippen LogP contribution in [-0.4, -0.2) is 4.57 Å². The minimum absolute atomic E-state index is 0.0386. The monoisotopic (exact) mass is 228 g/mol. The van der Waals surface area contributed by atoms with Crippen molar-refractivity contribution in [2.24, 2.45) is 0 Å². The average Bonchev–Trinajstić information content (AvgIpc) is 2.48. The van der Waals surface area contributed by atoms with E-state index in [1.54, 1.807) is 10.6 Å². The molecular formula is C8H9BrN2O. The van der Waals surface area contributed by atoms with E-state index >= 15 is 0 Å². The molecule has 0 saturated carbocycles. The Morgan fingerprint density at radius 2 is 2.33 bits per heavy atom. The van der Waals surface area contributed by atoms with E-state index in [4.69, 9.17) is 5.73 Å². The fourth-order valence-electron chi connectivity index (χ4n) is 1.61. The maximum atomic E-state index is 11.5. The minimum atomic E-state index is 0.0386. The van der Waals surface area contributed by atoms with Crippen molar-refractivity contribution in [3.63, 3.8) is 0 Å². The largest absolute Gasteiger partial charge is 0.397 e. The topological polar surface area (TPSA) is 48.0 Å². The van der Waals surface area contributed by atoms with Gasteiger partial charge in [0.2, 0.25) is 0 Å². The Morgan fingerprint density at radius 3 is 3.08 bits per heavy atom. The van der Waals surface area contributed by atoms with Gasteiger partial charge in [-0.3, -0.25) is 4.79 Å². The highest BCUT2D eigenvalue weighted by Gasteiger charge is 2.16. The molecule has 0 bridgehead atoms. The lowest BCUT2D eigenvalue weighted by atomic mass is 10.2. The second-order valence-corrected chi connectivity index (χ2v) is 3.81. The van der Waals surface area contributed by atoms with E-state index in [0.29, 0.717) is 4.47 Å². The van der Waals surface area contributed by atoms with Gasteiger partial charge in [-0.2, -0.15) is 0 Å². The van der Waals surface area contributed by atoms with Crippen LogP contribution in [0.5, 0.6) is 0 Å².